The molecule has 32 heavy (non-hydrogen) atoms. The van der Waals surface area contributed by atoms with E-state index in [-0.39, 0.29) is 12.2 Å². The standard InChI is InChI=1S/C15H21F4N4O7PS/c1-2-3-8(21-13(24)15(17,18)19)5-28-31(26,27)29-6-11-30-10(7-32-11)23-4-9(16)12(20)22-14(23)25/h4,8,10-11H,2-3,5-7H2,1H3,(H,21,24)(H,26,27)(H2,20,22,25). The summed E-state index contributed by atoms with van der Waals surface area (Å²) in [6, 6.07) is -1.17. The summed E-state index contributed by atoms with van der Waals surface area (Å²) in [5.41, 5.74) is 3.52. The van der Waals surface area contributed by atoms with Crippen molar-refractivity contribution in [2.45, 2.75) is 43.6 Å². The largest absolute Gasteiger partial charge is 0.472 e. The number of nitrogen functional groups attached to an aromatic ring is 1. The molecule has 4 N–H and O–H groups in total. The summed E-state index contributed by atoms with van der Waals surface area (Å²) in [6.45, 7) is 0.457. The van der Waals surface area contributed by atoms with E-state index in [1.54, 1.807) is 12.2 Å². The van der Waals surface area contributed by atoms with Crippen molar-refractivity contribution in [1.82, 2.24) is 14.9 Å². The van der Waals surface area contributed by atoms with Gasteiger partial charge in [-0.2, -0.15) is 18.2 Å². The van der Waals surface area contributed by atoms with E-state index in [2.05, 4.69) is 4.98 Å². The zero-order valence-corrected chi connectivity index (χ0v) is 18.3. The van der Waals surface area contributed by atoms with Crippen LogP contribution in [0.3, 0.4) is 0 Å². The van der Waals surface area contributed by atoms with Gasteiger partial charge in [0.2, 0.25) is 0 Å². The highest BCUT2D eigenvalue weighted by Gasteiger charge is 2.40. The minimum Gasteiger partial charge on any atom is -0.381 e. The first-order chi connectivity index (χ1) is 14.8. The lowest BCUT2D eigenvalue weighted by molar-refractivity contribution is -0.174. The predicted molar refractivity (Wildman–Crippen MR) is 104 cm³/mol. The van der Waals surface area contributed by atoms with Crippen molar-refractivity contribution >= 4 is 31.3 Å². The number of nitrogens with one attached hydrogen (secondary N) is 1. The third-order valence-electron chi connectivity index (χ3n) is 4.02. The van der Waals surface area contributed by atoms with Gasteiger partial charge in [-0.15, -0.1) is 11.8 Å². The van der Waals surface area contributed by atoms with Gasteiger partial charge in [0, 0.05) is 5.75 Å². The molecule has 1 aliphatic rings. The molecule has 0 saturated carbocycles. The Balaban J connectivity index is 1.86. The number of carbonyl (C=O) groups is 1. The molecular formula is C15H21F4N4O7PS. The van der Waals surface area contributed by atoms with Crippen LogP contribution in [0, 0.1) is 5.82 Å². The molecule has 4 atom stereocenters. The van der Waals surface area contributed by atoms with Gasteiger partial charge in [-0.1, -0.05) is 13.3 Å². The van der Waals surface area contributed by atoms with Crippen LogP contribution in [0.15, 0.2) is 11.0 Å². The first-order valence-corrected chi connectivity index (χ1v) is 11.7. The van der Waals surface area contributed by atoms with Crippen LogP contribution in [0.1, 0.15) is 26.0 Å². The van der Waals surface area contributed by atoms with E-state index in [0.29, 0.717) is 6.42 Å². The van der Waals surface area contributed by atoms with Crippen molar-refractivity contribution in [3.8, 4) is 0 Å². The highest BCUT2D eigenvalue weighted by Crippen LogP contribution is 2.45. The quantitative estimate of drug-likeness (QED) is 0.313. The molecule has 1 amide bonds. The van der Waals surface area contributed by atoms with Crippen LogP contribution >= 0.6 is 19.6 Å². The number of hydrogen-bond acceptors (Lipinski definition) is 9. The van der Waals surface area contributed by atoms with Crippen molar-refractivity contribution in [3.63, 3.8) is 0 Å². The molecule has 0 radical (unpaired) electrons. The monoisotopic (exact) mass is 508 g/mol. The first kappa shape index (κ1) is 26.5. The lowest BCUT2D eigenvalue weighted by atomic mass is 10.2. The molecule has 1 fully saturated rings. The molecule has 0 aromatic carbocycles. The highest BCUT2D eigenvalue weighted by atomic mass is 32.2. The highest BCUT2D eigenvalue weighted by molar-refractivity contribution is 8.00. The average molecular weight is 508 g/mol. The van der Waals surface area contributed by atoms with Gasteiger partial charge in [0.1, 0.15) is 11.7 Å². The van der Waals surface area contributed by atoms with Gasteiger partial charge in [0.05, 0.1) is 25.5 Å². The second-order valence-corrected chi connectivity index (χ2v) is 9.18. The van der Waals surface area contributed by atoms with Gasteiger partial charge in [-0.25, -0.2) is 13.8 Å². The normalized spacial score (nSPS) is 21.8. The van der Waals surface area contributed by atoms with E-state index in [4.69, 9.17) is 19.5 Å². The number of anilines is 1. The number of phosphoric ester groups is 1. The summed E-state index contributed by atoms with van der Waals surface area (Å²) in [5.74, 6) is -3.52. The zero-order valence-electron chi connectivity index (χ0n) is 16.6. The van der Waals surface area contributed by atoms with Gasteiger partial charge in [-0.3, -0.25) is 18.4 Å². The number of nitrogens with two attached hydrogens (primary N) is 1. The number of rotatable bonds is 10. The maximum atomic E-state index is 13.6. The number of ether oxygens (including phenoxy) is 1. The Morgan fingerprint density at radius 2 is 2.22 bits per heavy atom. The molecule has 2 heterocycles. The second kappa shape index (κ2) is 10.9. The molecule has 1 aromatic heterocycles. The minimum absolute atomic E-state index is 0.0615. The lowest BCUT2D eigenvalue weighted by Crippen LogP contribution is -2.45. The summed E-state index contributed by atoms with van der Waals surface area (Å²) in [6.07, 6.45) is -4.79. The maximum absolute atomic E-state index is 13.6. The minimum atomic E-state index is -5.11. The molecule has 1 aliphatic heterocycles. The van der Waals surface area contributed by atoms with Crippen molar-refractivity contribution in [3.05, 3.63) is 22.5 Å². The molecule has 11 nitrogen and oxygen atoms in total. The van der Waals surface area contributed by atoms with Crippen LogP contribution < -0.4 is 16.7 Å². The molecule has 1 saturated heterocycles. The van der Waals surface area contributed by atoms with Crippen molar-refractivity contribution in [2.75, 3.05) is 24.7 Å². The Labute approximate surface area is 183 Å². The number of halogens is 4. The summed E-state index contributed by atoms with van der Waals surface area (Å²) in [4.78, 5) is 35.9. The Hall–Kier alpha value is -1.71. The number of thioether (sulfide) groups is 1. The van der Waals surface area contributed by atoms with Crippen molar-refractivity contribution < 1.29 is 45.6 Å². The van der Waals surface area contributed by atoms with E-state index in [9.17, 15) is 36.6 Å². The number of amides is 1. The number of carbonyl (C=O) groups excluding carboxylic acids is 1. The molecule has 2 rings (SSSR count). The van der Waals surface area contributed by atoms with Gasteiger partial charge in [-0.05, 0) is 6.42 Å². The molecule has 17 heteroatoms. The molecule has 0 spiro atoms. The van der Waals surface area contributed by atoms with Gasteiger partial charge >= 0.3 is 25.6 Å². The fraction of sp³-hybridized carbons (Fsp3) is 0.667. The Kier molecular flexibility index (Phi) is 9.07. The van der Waals surface area contributed by atoms with E-state index >= 15 is 0 Å². The number of alkyl halides is 3. The first-order valence-electron chi connectivity index (χ1n) is 9.13. The molecule has 4 unspecified atom stereocenters. The van der Waals surface area contributed by atoms with E-state index in [1.165, 1.54) is 0 Å². The average Bonchev–Trinajstić information content (AvgIpc) is 3.16. The summed E-state index contributed by atoms with van der Waals surface area (Å²) >= 11 is 1.09. The fourth-order valence-electron chi connectivity index (χ4n) is 2.53. The molecule has 182 valence electrons. The van der Waals surface area contributed by atoms with Gasteiger partial charge in [0.25, 0.3) is 0 Å². The number of aromatic nitrogens is 2. The third-order valence-corrected chi connectivity index (χ3v) is 6.07. The van der Waals surface area contributed by atoms with Crippen LogP contribution in [0.5, 0.6) is 0 Å². The van der Waals surface area contributed by atoms with Crippen molar-refractivity contribution in [2.24, 2.45) is 0 Å². The fourth-order valence-corrected chi connectivity index (χ4v) is 4.39. The van der Waals surface area contributed by atoms with Crippen LogP contribution in [-0.4, -0.2) is 57.0 Å². The topological polar surface area (TPSA) is 155 Å². The molecule has 0 bridgehead atoms. The summed E-state index contributed by atoms with van der Waals surface area (Å²) < 4.78 is 78.5. The van der Waals surface area contributed by atoms with Crippen LogP contribution in [0.2, 0.25) is 0 Å². The van der Waals surface area contributed by atoms with Crippen LogP contribution in [0.4, 0.5) is 23.4 Å². The van der Waals surface area contributed by atoms with E-state index in [0.717, 1.165) is 22.5 Å². The smallest absolute Gasteiger partial charge is 0.381 e. The maximum Gasteiger partial charge on any atom is 0.472 e. The van der Waals surface area contributed by atoms with Gasteiger partial charge < -0.3 is 20.7 Å². The Morgan fingerprint density at radius 3 is 2.84 bits per heavy atom. The van der Waals surface area contributed by atoms with E-state index in [1.807, 2.05) is 0 Å². The predicted octanol–water partition coefficient (Wildman–Crippen LogP) is 1.53. The van der Waals surface area contributed by atoms with Crippen LogP contribution in [0.25, 0.3) is 0 Å². The van der Waals surface area contributed by atoms with Crippen LogP contribution in [-0.2, 0) is 23.1 Å². The number of hydrogen-bond donors (Lipinski definition) is 3. The summed E-state index contributed by atoms with van der Waals surface area (Å²) in [7, 11) is -4.71. The number of phosphoric acid groups is 1. The molecule has 0 aliphatic carbocycles. The zero-order chi connectivity index (χ0) is 24.1. The second-order valence-electron chi connectivity index (χ2n) is 6.53. The van der Waals surface area contributed by atoms with E-state index < -0.39 is 68.2 Å². The molecule has 1 aromatic rings. The SMILES string of the molecule is CCCC(COP(=O)(O)OCC1OC(n2cc(F)c(N)nc2=O)CS1)NC(=O)C(F)(F)F. The number of nitrogens with zero attached hydrogens (tertiary/aromatic N) is 2. The summed E-state index contributed by atoms with van der Waals surface area (Å²) in [5, 5.41) is 1.68. The third kappa shape index (κ3) is 7.71. The molecular weight excluding hydrogens is 487 g/mol. The lowest BCUT2D eigenvalue weighted by Gasteiger charge is -2.21. The van der Waals surface area contributed by atoms with Crippen molar-refractivity contribution in [1.29, 1.82) is 0 Å². The Bertz CT molecular complexity index is 919. The van der Waals surface area contributed by atoms with Gasteiger partial charge in [0.15, 0.2) is 11.6 Å². The Morgan fingerprint density at radius 1 is 1.53 bits per heavy atom.